The molecule has 0 fully saturated rings. The molecule has 0 saturated heterocycles. The molecule has 0 amide bonds. The molecule has 0 spiro atoms. The Balaban J connectivity index is 2.63. The lowest BCUT2D eigenvalue weighted by atomic mass is 10.0. The van der Waals surface area contributed by atoms with Crippen molar-refractivity contribution >= 4 is 15.9 Å². The summed E-state index contributed by atoms with van der Waals surface area (Å²) in [5, 5.41) is 0. The van der Waals surface area contributed by atoms with Crippen LogP contribution in [0.1, 0.15) is 31.4 Å². The van der Waals surface area contributed by atoms with Crippen molar-refractivity contribution in [1.29, 1.82) is 0 Å². The van der Waals surface area contributed by atoms with Crippen molar-refractivity contribution in [2.45, 2.75) is 25.8 Å². The third kappa shape index (κ3) is 4.35. The molecule has 0 saturated carbocycles. The maximum absolute atomic E-state index is 13.8. The fourth-order valence-electron chi connectivity index (χ4n) is 1.57. The zero-order valence-electron chi connectivity index (χ0n) is 9.88. The first kappa shape index (κ1) is 14.6. The highest BCUT2D eigenvalue weighted by Gasteiger charge is 2.15. The lowest BCUT2D eigenvalue weighted by Gasteiger charge is -2.17. The first-order valence-corrected chi connectivity index (χ1v) is 6.47. The third-order valence-electron chi connectivity index (χ3n) is 2.46. The van der Waals surface area contributed by atoms with E-state index in [-0.39, 0.29) is 11.9 Å². The van der Waals surface area contributed by atoms with Gasteiger partial charge in [0.15, 0.2) is 0 Å². The van der Waals surface area contributed by atoms with Gasteiger partial charge in [-0.05, 0) is 34.8 Å². The largest absolute Gasteiger partial charge is 0.381 e. The van der Waals surface area contributed by atoms with Crippen LogP contribution < -0.4 is 11.3 Å². The Hall–Kier alpha value is -0.490. The highest BCUT2D eigenvalue weighted by Crippen LogP contribution is 2.25. The quantitative estimate of drug-likeness (QED) is 0.462. The van der Waals surface area contributed by atoms with Gasteiger partial charge in [-0.3, -0.25) is 11.3 Å². The minimum Gasteiger partial charge on any atom is -0.381 e. The molecular formula is C12H18BrFN2O. The van der Waals surface area contributed by atoms with E-state index in [1.54, 1.807) is 18.2 Å². The van der Waals surface area contributed by atoms with Crippen LogP contribution in [-0.4, -0.2) is 13.2 Å². The van der Waals surface area contributed by atoms with Gasteiger partial charge in [0.2, 0.25) is 0 Å². The SMILES string of the molecule is CCCOCCC(NN)c1cccc(Br)c1F. The molecule has 0 bridgehead atoms. The van der Waals surface area contributed by atoms with E-state index >= 15 is 0 Å². The highest BCUT2D eigenvalue weighted by atomic mass is 79.9. The summed E-state index contributed by atoms with van der Waals surface area (Å²) in [6.07, 6.45) is 1.62. The van der Waals surface area contributed by atoms with E-state index < -0.39 is 0 Å². The summed E-state index contributed by atoms with van der Waals surface area (Å²) in [5.74, 6) is 5.18. The molecule has 0 aliphatic rings. The molecule has 0 aromatic heterocycles. The summed E-state index contributed by atoms with van der Waals surface area (Å²) in [4.78, 5) is 0. The van der Waals surface area contributed by atoms with Crippen molar-refractivity contribution in [2.24, 2.45) is 5.84 Å². The van der Waals surface area contributed by atoms with Crippen molar-refractivity contribution in [3.8, 4) is 0 Å². The number of rotatable bonds is 7. The minimum atomic E-state index is -0.272. The Kier molecular flexibility index (Phi) is 6.65. The van der Waals surface area contributed by atoms with Crippen molar-refractivity contribution < 1.29 is 9.13 Å². The number of nitrogens with two attached hydrogens (primary N) is 1. The van der Waals surface area contributed by atoms with Crippen molar-refractivity contribution in [2.75, 3.05) is 13.2 Å². The third-order valence-corrected chi connectivity index (χ3v) is 3.07. The second-order valence-corrected chi connectivity index (χ2v) is 4.62. The molecule has 17 heavy (non-hydrogen) atoms. The molecular weight excluding hydrogens is 287 g/mol. The van der Waals surface area contributed by atoms with Crippen LogP contribution in [0.3, 0.4) is 0 Å². The Morgan fingerprint density at radius 3 is 2.88 bits per heavy atom. The van der Waals surface area contributed by atoms with Crippen LogP contribution in [0.15, 0.2) is 22.7 Å². The zero-order valence-corrected chi connectivity index (χ0v) is 11.5. The van der Waals surface area contributed by atoms with Gasteiger partial charge >= 0.3 is 0 Å². The molecule has 0 aliphatic heterocycles. The number of benzene rings is 1. The summed E-state index contributed by atoms with van der Waals surface area (Å²) in [6.45, 7) is 3.33. The summed E-state index contributed by atoms with van der Waals surface area (Å²) < 4.78 is 19.7. The molecule has 1 rings (SSSR count). The van der Waals surface area contributed by atoms with Crippen LogP contribution in [0.25, 0.3) is 0 Å². The van der Waals surface area contributed by atoms with Gasteiger partial charge in [-0.15, -0.1) is 0 Å². The van der Waals surface area contributed by atoms with Crippen LogP contribution in [0, 0.1) is 5.82 Å². The van der Waals surface area contributed by atoms with E-state index in [0.717, 1.165) is 13.0 Å². The van der Waals surface area contributed by atoms with E-state index in [1.165, 1.54) is 0 Å². The average Bonchev–Trinajstić information content (AvgIpc) is 2.34. The monoisotopic (exact) mass is 304 g/mol. The Bertz CT molecular complexity index is 349. The molecule has 1 atom stereocenters. The standard InChI is InChI=1S/C12H18BrFN2O/c1-2-7-17-8-6-11(16-15)9-4-3-5-10(13)12(9)14/h3-5,11,16H,2,6-8,15H2,1H3. The Morgan fingerprint density at radius 1 is 1.47 bits per heavy atom. The van der Waals surface area contributed by atoms with E-state index in [0.29, 0.717) is 23.1 Å². The molecule has 5 heteroatoms. The Labute approximate surface area is 110 Å². The fraction of sp³-hybridized carbons (Fsp3) is 0.500. The summed E-state index contributed by atoms with van der Waals surface area (Å²) in [7, 11) is 0. The van der Waals surface area contributed by atoms with E-state index in [2.05, 4.69) is 21.4 Å². The van der Waals surface area contributed by atoms with Crippen LogP contribution in [0.5, 0.6) is 0 Å². The number of hydrogen-bond donors (Lipinski definition) is 2. The van der Waals surface area contributed by atoms with Gasteiger partial charge in [0.25, 0.3) is 0 Å². The summed E-state index contributed by atoms with van der Waals surface area (Å²) in [6, 6.07) is 4.95. The van der Waals surface area contributed by atoms with Gasteiger partial charge in [0.1, 0.15) is 5.82 Å². The van der Waals surface area contributed by atoms with Crippen molar-refractivity contribution in [3.05, 3.63) is 34.1 Å². The van der Waals surface area contributed by atoms with Crippen LogP contribution in [0.2, 0.25) is 0 Å². The smallest absolute Gasteiger partial charge is 0.142 e. The number of halogens is 2. The van der Waals surface area contributed by atoms with Crippen molar-refractivity contribution in [3.63, 3.8) is 0 Å². The van der Waals surface area contributed by atoms with Gasteiger partial charge in [-0.2, -0.15) is 0 Å². The molecule has 1 aromatic carbocycles. The van der Waals surface area contributed by atoms with Crippen molar-refractivity contribution in [1.82, 2.24) is 5.43 Å². The molecule has 0 aliphatic carbocycles. The molecule has 96 valence electrons. The van der Waals surface area contributed by atoms with Crippen LogP contribution >= 0.6 is 15.9 Å². The maximum Gasteiger partial charge on any atom is 0.142 e. The first-order valence-electron chi connectivity index (χ1n) is 5.68. The van der Waals surface area contributed by atoms with Crippen LogP contribution in [-0.2, 0) is 4.74 Å². The van der Waals surface area contributed by atoms with E-state index in [1.807, 2.05) is 6.92 Å². The normalized spacial score (nSPS) is 12.7. The van der Waals surface area contributed by atoms with Gasteiger partial charge < -0.3 is 4.74 Å². The minimum absolute atomic E-state index is 0.232. The topological polar surface area (TPSA) is 47.3 Å². The van der Waals surface area contributed by atoms with E-state index in [9.17, 15) is 4.39 Å². The van der Waals surface area contributed by atoms with E-state index in [4.69, 9.17) is 10.6 Å². The second-order valence-electron chi connectivity index (χ2n) is 3.76. The summed E-state index contributed by atoms with van der Waals surface area (Å²) in [5.41, 5.74) is 3.18. The first-order chi connectivity index (χ1) is 8.20. The fourth-order valence-corrected chi connectivity index (χ4v) is 1.95. The molecule has 3 N–H and O–H groups in total. The van der Waals surface area contributed by atoms with Gasteiger partial charge in [0, 0.05) is 18.8 Å². The highest BCUT2D eigenvalue weighted by molar-refractivity contribution is 9.10. The predicted octanol–water partition coefficient (Wildman–Crippen LogP) is 2.91. The summed E-state index contributed by atoms with van der Waals surface area (Å²) >= 11 is 3.16. The zero-order chi connectivity index (χ0) is 12.7. The predicted molar refractivity (Wildman–Crippen MR) is 69.9 cm³/mol. The lowest BCUT2D eigenvalue weighted by molar-refractivity contribution is 0.124. The Morgan fingerprint density at radius 2 is 2.24 bits per heavy atom. The molecule has 1 aromatic rings. The number of hydrazine groups is 1. The number of hydrogen-bond acceptors (Lipinski definition) is 3. The van der Waals surface area contributed by atoms with Crippen LogP contribution in [0.4, 0.5) is 4.39 Å². The van der Waals surface area contributed by atoms with Gasteiger partial charge in [-0.25, -0.2) is 4.39 Å². The van der Waals surface area contributed by atoms with Gasteiger partial charge in [-0.1, -0.05) is 19.1 Å². The average molecular weight is 305 g/mol. The molecule has 3 nitrogen and oxygen atoms in total. The van der Waals surface area contributed by atoms with Gasteiger partial charge in [0.05, 0.1) is 10.5 Å². The second kappa shape index (κ2) is 7.76. The number of nitrogens with one attached hydrogen (secondary N) is 1. The number of ether oxygens (including phenoxy) is 1. The molecule has 0 heterocycles. The lowest BCUT2D eigenvalue weighted by Crippen LogP contribution is -2.29. The molecule has 1 unspecified atom stereocenters. The molecule has 0 radical (unpaired) electrons. The maximum atomic E-state index is 13.8.